The van der Waals surface area contributed by atoms with Crippen LogP contribution in [0.15, 0.2) is 4.42 Å². The van der Waals surface area contributed by atoms with E-state index in [1.54, 1.807) is 0 Å². The molecule has 3 rings (SSSR count). The molecule has 0 aliphatic heterocycles. The van der Waals surface area contributed by atoms with Gasteiger partial charge >= 0.3 is 0 Å². The monoisotopic (exact) mass is 374 g/mol. The Labute approximate surface area is 163 Å². The summed E-state index contributed by atoms with van der Waals surface area (Å²) in [7, 11) is 4.07. The fraction of sp³-hybridized carbons (Fsp3) is 0.727. The maximum atomic E-state index is 13.2. The summed E-state index contributed by atoms with van der Waals surface area (Å²) < 4.78 is 5.95. The molecule has 150 valence electrons. The Kier molecular flexibility index (Phi) is 5.80. The molecule has 0 bridgehead atoms. The first-order valence-corrected chi connectivity index (χ1v) is 10.3. The topological polar surface area (TPSA) is 53.8 Å². The number of amides is 1. The highest BCUT2D eigenvalue weighted by molar-refractivity contribution is 6.01. The fourth-order valence-corrected chi connectivity index (χ4v) is 4.61. The lowest BCUT2D eigenvalue weighted by atomic mass is 9.75. The van der Waals surface area contributed by atoms with Crippen LogP contribution in [0.1, 0.15) is 73.4 Å². The van der Waals surface area contributed by atoms with Gasteiger partial charge in [-0.25, -0.2) is 0 Å². The lowest BCUT2D eigenvalue weighted by Gasteiger charge is -2.31. The van der Waals surface area contributed by atoms with E-state index in [-0.39, 0.29) is 23.5 Å². The molecule has 1 amide bonds. The molecule has 1 aromatic rings. The molecule has 0 atom stereocenters. The number of furan rings is 1. The van der Waals surface area contributed by atoms with Crippen molar-refractivity contribution < 1.29 is 14.0 Å². The van der Waals surface area contributed by atoms with E-state index in [2.05, 4.69) is 23.6 Å². The molecule has 0 spiro atoms. The van der Waals surface area contributed by atoms with Crippen LogP contribution in [0.2, 0.25) is 0 Å². The third kappa shape index (κ3) is 4.45. The standard InChI is InChI=1S/C22H34N2O3/c1-15-17(21-18(25)13-22(2,3)14-19(21)27-15)12-20(26)24(11-10-23(4)5)16-8-6-7-9-16/h16H,6-14H2,1-5H3. The van der Waals surface area contributed by atoms with Crippen molar-refractivity contribution in [2.24, 2.45) is 5.41 Å². The smallest absolute Gasteiger partial charge is 0.227 e. The van der Waals surface area contributed by atoms with E-state index in [0.29, 0.717) is 18.0 Å². The maximum absolute atomic E-state index is 13.2. The lowest BCUT2D eigenvalue weighted by molar-refractivity contribution is -0.132. The predicted octanol–water partition coefficient (Wildman–Crippen LogP) is 3.62. The number of nitrogens with zero attached hydrogens (tertiary/aromatic N) is 2. The number of ketones is 1. The van der Waals surface area contributed by atoms with Crippen LogP contribution in [0.4, 0.5) is 0 Å². The first kappa shape index (κ1) is 20.1. The van der Waals surface area contributed by atoms with Crippen molar-refractivity contribution in [3.63, 3.8) is 0 Å². The van der Waals surface area contributed by atoms with Gasteiger partial charge in [0.1, 0.15) is 11.5 Å². The van der Waals surface area contributed by atoms with Crippen LogP contribution in [-0.4, -0.2) is 54.7 Å². The zero-order chi connectivity index (χ0) is 19.8. The minimum absolute atomic E-state index is 0.0722. The molecule has 0 aromatic carbocycles. The van der Waals surface area contributed by atoms with Gasteiger partial charge in [0.15, 0.2) is 5.78 Å². The molecule has 2 aliphatic rings. The predicted molar refractivity (Wildman–Crippen MR) is 106 cm³/mol. The number of carbonyl (C=O) groups is 2. The van der Waals surface area contributed by atoms with Crippen molar-refractivity contribution in [3.05, 3.63) is 22.6 Å². The number of hydrogen-bond donors (Lipinski definition) is 0. The minimum atomic E-state index is -0.0722. The normalized spacial score (nSPS) is 19.6. The summed E-state index contributed by atoms with van der Waals surface area (Å²) in [6, 6.07) is 0.343. The minimum Gasteiger partial charge on any atom is -0.465 e. The highest BCUT2D eigenvalue weighted by atomic mass is 16.3. The summed E-state index contributed by atoms with van der Waals surface area (Å²) in [6.45, 7) is 7.69. The van der Waals surface area contributed by atoms with Crippen LogP contribution in [-0.2, 0) is 17.6 Å². The van der Waals surface area contributed by atoms with Crippen molar-refractivity contribution in [1.82, 2.24) is 9.80 Å². The average molecular weight is 375 g/mol. The second kappa shape index (κ2) is 7.78. The molecule has 0 radical (unpaired) electrons. The van der Waals surface area contributed by atoms with Crippen molar-refractivity contribution in [3.8, 4) is 0 Å². The summed E-state index contributed by atoms with van der Waals surface area (Å²) in [6.07, 6.45) is 6.14. The van der Waals surface area contributed by atoms with Crippen LogP contribution in [0.5, 0.6) is 0 Å². The number of hydrogen-bond acceptors (Lipinski definition) is 4. The first-order valence-electron chi connectivity index (χ1n) is 10.3. The van der Waals surface area contributed by atoms with E-state index >= 15 is 0 Å². The van der Waals surface area contributed by atoms with Gasteiger partial charge in [0.2, 0.25) is 5.91 Å². The van der Waals surface area contributed by atoms with E-state index in [1.165, 1.54) is 12.8 Å². The van der Waals surface area contributed by atoms with Crippen LogP contribution in [0, 0.1) is 12.3 Å². The zero-order valence-corrected chi connectivity index (χ0v) is 17.6. The van der Waals surface area contributed by atoms with Gasteiger partial charge in [0.05, 0.1) is 12.0 Å². The largest absolute Gasteiger partial charge is 0.465 e. The molecule has 5 heteroatoms. The Morgan fingerprint density at radius 2 is 1.81 bits per heavy atom. The number of carbonyl (C=O) groups excluding carboxylic acids is 2. The average Bonchev–Trinajstić information content (AvgIpc) is 3.15. The van der Waals surface area contributed by atoms with Gasteiger partial charge < -0.3 is 14.2 Å². The molecule has 1 fully saturated rings. The summed E-state index contributed by atoms with van der Waals surface area (Å²) in [5.74, 6) is 1.77. The third-order valence-electron chi connectivity index (χ3n) is 6.04. The maximum Gasteiger partial charge on any atom is 0.227 e. The van der Waals surface area contributed by atoms with Crippen LogP contribution in [0.25, 0.3) is 0 Å². The van der Waals surface area contributed by atoms with Crippen molar-refractivity contribution in [2.45, 2.75) is 71.8 Å². The lowest BCUT2D eigenvalue weighted by Crippen LogP contribution is -2.43. The van der Waals surface area contributed by atoms with Crippen LogP contribution >= 0.6 is 0 Å². The Bertz CT molecular complexity index is 711. The molecular formula is C22H34N2O3. The molecule has 0 unspecified atom stereocenters. The summed E-state index contributed by atoms with van der Waals surface area (Å²) in [5, 5.41) is 0. The van der Waals surface area contributed by atoms with Crippen molar-refractivity contribution in [2.75, 3.05) is 27.2 Å². The molecule has 2 aliphatic carbocycles. The molecule has 1 heterocycles. The van der Waals surface area contributed by atoms with E-state index < -0.39 is 0 Å². The highest BCUT2D eigenvalue weighted by Gasteiger charge is 2.37. The molecule has 5 nitrogen and oxygen atoms in total. The molecule has 0 saturated heterocycles. The van der Waals surface area contributed by atoms with Gasteiger partial charge in [0, 0.05) is 37.5 Å². The van der Waals surface area contributed by atoms with Gasteiger partial charge in [-0.05, 0) is 39.3 Å². The van der Waals surface area contributed by atoms with Gasteiger partial charge in [0.25, 0.3) is 0 Å². The van der Waals surface area contributed by atoms with Gasteiger partial charge in [-0.3, -0.25) is 9.59 Å². The molecule has 27 heavy (non-hydrogen) atoms. The Balaban J connectivity index is 1.82. The molecule has 1 saturated carbocycles. The number of rotatable bonds is 6. The first-order chi connectivity index (χ1) is 12.7. The van der Waals surface area contributed by atoms with Crippen LogP contribution in [0.3, 0.4) is 0 Å². The van der Waals surface area contributed by atoms with Gasteiger partial charge in [-0.2, -0.15) is 0 Å². The summed E-state index contributed by atoms with van der Waals surface area (Å²) >= 11 is 0. The quantitative estimate of drug-likeness (QED) is 0.763. The Hall–Kier alpha value is -1.62. The van der Waals surface area contributed by atoms with E-state index in [0.717, 1.165) is 49.4 Å². The summed E-state index contributed by atoms with van der Waals surface area (Å²) in [4.78, 5) is 30.2. The molecular weight excluding hydrogens is 340 g/mol. The number of Topliss-reactive ketones (excluding diaryl/α,β-unsaturated/α-hetero) is 1. The molecule has 0 N–H and O–H groups in total. The Morgan fingerprint density at radius 1 is 1.15 bits per heavy atom. The van der Waals surface area contributed by atoms with Crippen LogP contribution < -0.4 is 0 Å². The zero-order valence-electron chi connectivity index (χ0n) is 17.6. The van der Waals surface area contributed by atoms with E-state index in [1.807, 2.05) is 21.0 Å². The summed E-state index contributed by atoms with van der Waals surface area (Å²) in [5.41, 5.74) is 1.44. The van der Waals surface area contributed by atoms with E-state index in [4.69, 9.17) is 4.42 Å². The SMILES string of the molecule is Cc1oc2c(c1CC(=O)N(CCN(C)C)C1CCCC1)C(=O)CC(C)(C)C2. The number of aryl methyl sites for hydroxylation is 1. The Morgan fingerprint density at radius 3 is 2.44 bits per heavy atom. The van der Waals surface area contributed by atoms with Gasteiger partial charge in [-0.1, -0.05) is 26.7 Å². The van der Waals surface area contributed by atoms with E-state index in [9.17, 15) is 9.59 Å². The number of fused-ring (bicyclic) bond motifs is 1. The third-order valence-corrected chi connectivity index (χ3v) is 6.04. The second-order valence-corrected chi connectivity index (χ2v) is 9.38. The highest BCUT2D eigenvalue weighted by Crippen LogP contribution is 2.39. The fourth-order valence-electron chi connectivity index (χ4n) is 4.61. The second-order valence-electron chi connectivity index (χ2n) is 9.38. The molecule has 1 aromatic heterocycles. The van der Waals surface area contributed by atoms with Crippen molar-refractivity contribution >= 4 is 11.7 Å². The number of likely N-dealkylation sites (N-methyl/N-ethyl adjacent to an activating group) is 1. The van der Waals surface area contributed by atoms with Gasteiger partial charge in [-0.15, -0.1) is 0 Å². The van der Waals surface area contributed by atoms with Crippen molar-refractivity contribution in [1.29, 1.82) is 0 Å².